The summed E-state index contributed by atoms with van der Waals surface area (Å²) < 4.78 is 21.0. The maximum Gasteiger partial charge on any atom is 0.362 e. The lowest BCUT2D eigenvalue weighted by molar-refractivity contribution is 0.0516. The molecule has 0 radical (unpaired) electrons. The minimum absolute atomic E-state index is 0.0935. The first-order valence-electron chi connectivity index (χ1n) is 9.37. The Balaban J connectivity index is 2.03. The molecule has 4 rings (SSSR count). The van der Waals surface area contributed by atoms with Crippen LogP contribution < -0.4 is 10.5 Å². The molecule has 0 atom stereocenters. The number of fused-ring (bicyclic) bond motifs is 1. The van der Waals surface area contributed by atoms with Gasteiger partial charge in [0.25, 0.3) is 5.56 Å². The van der Waals surface area contributed by atoms with E-state index < -0.39 is 24.0 Å². The van der Waals surface area contributed by atoms with E-state index in [1.165, 1.54) is 0 Å². The third kappa shape index (κ3) is 2.97. The summed E-state index contributed by atoms with van der Waals surface area (Å²) in [6.07, 6.45) is 4.78. The predicted octanol–water partition coefficient (Wildman–Crippen LogP) is 1.98. The Morgan fingerprint density at radius 2 is 2.07 bits per heavy atom. The number of esters is 1. The first kappa shape index (κ1) is 17.9. The van der Waals surface area contributed by atoms with E-state index in [1.54, 1.807) is 6.92 Å². The van der Waals surface area contributed by atoms with E-state index in [-0.39, 0.29) is 18.2 Å². The molecule has 2 aromatic heterocycles. The minimum Gasteiger partial charge on any atom is -0.461 e. The number of hydrogen-bond acceptors (Lipinski definition) is 6. The molecule has 0 bridgehead atoms. The third-order valence-corrected chi connectivity index (χ3v) is 5.19. The maximum absolute atomic E-state index is 15.0. The first-order valence-corrected chi connectivity index (χ1v) is 9.37. The number of aliphatic hydroxyl groups is 1. The molecule has 144 valence electrons. The van der Waals surface area contributed by atoms with Gasteiger partial charge in [-0.3, -0.25) is 9.20 Å². The highest BCUT2D eigenvalue weighted by atomic mass is 19.1. The summed E-state index contributed by atoms with van der Waals surface area (Å²) in [5, 5.41) is 10.1. The number of halogens is 1. The van der Waals surface area contributed by atoms with Gasteiger partial charge in [0, 0.05) is 24.6 Å². The molecule has 0 aromatic carbocycles. The second kappa shape index (κ2) is 6.92. The van der Waals surface area contributed by atoms with Gasteiger partial charge in [0.2, 0.25) is 5.69 Å². The largest absolute Gasteiger partial charge is 0.461 e. The van der Waals surface area contributed by atoms with Crippen molar-refractivity contribution in [2.45, 2.75) is 45.1 Å². The van der Waals surface area contributed by atoms with Gasteiger partial charge in [-0.15, -0.1) is 0 Å². The molecule has 1 aliphatic carbocycles. The maximum atomic E-state index is 15.0. The van der Waals surface area contributed by atoms with E-state index in [0.717, 1.165) is 36.3 Å². The molecule has 8 heteroatoms. The fourth-order valence-corrected chi connectivity index (χ4v) is 3.82. The Morgan fingerprint density at radius 1 is 1.37 bits per heavy atom. The van der Waals surface area contributed by atoms with Crippen LogP contribution in [0.2, 0.25) is 0 Å². The molecule has 2 aliphatic rings. The van der Waals surface area contributed by atoms with Crippen molar-refractivity contribution in [1.29, 1.82) is 0 Å². The van der Waals surface area contributed by atoms with Crippen LogP contribution in [0.1, 0.15) is 60.3 Å². The fourth-order valence-electron chi connectivity index (χ4n) is 3.82. The highest BCUT2D eigenvalue weighted by Gasteiger charge is 2.33. The summed E-state index contributed by atoms with van der Waals surface area (Å²) in [6, 6.07) is 0. The van der Waals surface area contributed by atoms with Crippen molar-refractivity contribution in [2.75, 3.05) is 24.6 Å². The molecule has 2 aromatic rings. The Labute approximate surface area is 155 Å². The van der Waals surface area contributed by atoms with Crippen molar-refractivity contribution < 1.29 is 19.0 Å². The highest BCUT2D eigenvalue weighted by Crippen LogP contribution is 2.43. The van der Waals surface area contributed by atoms with Crippen molar-refractivity contribution in [3.63, 3.8) is 0 Å². The number of anilines is 1. The second-order valence-electron chi connectivity index (χ2n) is 7.02. The zero-order chi connectivity index (χ0) is 19.1. The van der Waals surface area contributed by atoms with Gasteiger partial charge in [-0.25, -0.2) is 14.2 Å². The molecular formula is C19H22FN3O4. The summed E-state index contributed by atoms with van der Waals surface area (Å²) in [5.41, 5.74) is 0.604. The lowest BCUT2D eigenvalue weighted by Gasteiger charge is -2.24. The summed E-state index contributed by atoms with van der Waals surface area (Å²) in [6.45, 7) is 2.76. The summed E-state index contributed by atoms with van der Waals surface area (Å²) in [7, 11) is 0. The molecule has 3 heterocycles. The Kier molecular flexibility index (Phi) is 4.59. The average molecular weight is 375 g/mol. The quantitative estimate of drug-likeness (QED) is 0.805. The number of carbonyl (C=O) groups excluding carboxylic acids is 1. The summed E-state index contributed by atoms with van der Waals surface area (Å²) >= 11 is 0. The zero-order valence-corrected chi connectivity index (χ0v) is 15.2. The monoisotopic (exact) mass is 375 g/mol. The molecule has 7 nitrogen and oxygen atoms in total. The van der Waals surface area contributed by atoms with Crippen LogP contribution in [0.5, 0.6) is 0 Å². The molecular weight excluding hydrogens is 353 g/mol. The van der Waals surface area contributed by atoms with Crippen LogP contribution >= 0.6 is 0 Å². The second-order valence-corrected chi connectivity index (χ2v) is 7.02. The standard InChI is InChI=1S/C19H22FN3O4/c1-2-27-19(26)15-18(25)23-9-13(20)16(22-7-3-4-8-22)12(10-24)17(23)14(21-15)11-5-6-11/h9,11,24H,2-8,10H2,1H3. The van der Waals surface area contributed by atoms with Crippen molar-refractivity contribution >= 4 is 17.2 Å². The number of pyridine rings is 1. The van der Waals surface area contributed by atoms with Crippen molar-refractivity contribution in [1.82, 2.24) is 9.38 Å². The van der Waals surface area contributed by atoms with Gasteiger partial charge < -0.3 is 14.7 Å². The van der Waals surface area contributed by atoms with Gasteiger partial charge in [0.1, 0.15) is 0 Å². The summed E-state index contributed by atoms with van der Waals surface area (Å²) in [5.74, 6) is -1.30. The van der Waals surface area contributed by atoms with Crippen LogP contribution in [0.25, 0.3) is 5.52 Å². The number of carbonyl (C=O) groups is 1. The van der Waals surface area contributed by atoms with Crippen LogP contribution in [0.4, 0.5) is 10.1 Å². The average Bonchev–Trinajstić information content (AvgIpc) is 3.36. The minimum atomic E-state index is -0.812. The molecule has 1 aliphatic heterocycles. The van der Waals surface area contributed by atoms with E-state index in [4.69, 9.17) is 4.74 Å². The van der Waals surface area contributed by atoms with Crippen molar-refractivity contribution in [2.24, 2.45) is 0 Å². The van der Waals surface area contributed by atoms with Crippen LogP contribution in [0, 0.1) is 5.82 Å². The predicted molar refractivity (Wildman–Crippen MR) is 96.7 cm³/mol. The molecule has 1 saturated carbocycles. The van der Waals surface area contributed by atoms with Crippen molar-refractivity contribution in [3.8, 4) is 0 Å². The van der Waals surface area contributed by atoms with E-state index in [0.29, 0.717) is 35.6 Å². The number of rotatable bonds is 5. The Hall–Kier alpha value is -2.48. The Bertz CT molecular complexity index is 962. The number of aliphatic hydroxyl groups excluding tert-OH is 1. The molecule has 2 fully saturated rings. The number of aromatic nitrogens is 2. The van der Waals surface area contributed by atoms with Crippen LogP contribution in [0.3, 0.4) is 0 Å². The SMILES string of the molecule is CCOC(=O)c1nc(C2CC2)c2c(CO)c(N3CCCC3)c(F)cn2c1=O. The fraction of sp³-hybridized carbons (Fsp3) is 0.526. The van der Waals surface area contributed by atoms with Gasteiger partial charge in [-0.2, -0.15) is 0 Å². The number of hydrogen-bond donors (Lipinski definition) is 1. The van der Waals surface area contributed by atoms with Gasteiger partial charge in [0.15, 0.2) is 5.82 Å². The lowest BCUT2D eigenvalue weighted by atomic mass is 10.1. The van der Waals surface area contributed by atoms with Gasteiger partial charge >= 0.3 is 5.97 Å². The van der Waals surface area contributed by atoms with E-state index in [2.05, 4.69) is 4.98 Å². The van der Waals surface area contributed by atoms with E-state index in [1.807, 2.05) is 4.90 Å². The van der Waals surface area contributed by atoms with E-state index in [9.17, 15) is 19.1 Å². The van der Waals surface area contributed by atoms with Gasteiger partial charge in [-0.1, -0.05) is 0 Å². The highest BCUT2D eigenvalue weighted by molar-refractivity contribution is 5.88. The third-order valence-electron chi connectivity index (χ3n) is 5.19. The Morgan fingerprint density at radius 3 is 2.67 bits per heavy atom. The number of ether oxygens (including phenoxy) is 1. The normalized spacial score (nSPS) is 16.9. The smallest absolute Gasteiger partial charge is 0.362 e. The molecule has 0 spiro atoms. The van der Waals surface area contributed by atoms with Crippen LogP contribution in [-0.2, 0) is 11.3 Å². The lowest BCUT2D eigenvalue weighted by Crippen LogP contribution is -2.29. The van der Waals surface area contributed by atoms with Gasteiger partial charge in [0.05, 0.1) is 36.3 Å². The molecule has 0 unspecified atom stereocenters. The zero-order valence-electron chi connectivity index (χ0n) is 15.2. The summed E-state index contributed by atoms with van der Waals surface area (Å²) in [4.78, 5) is 31.2. The number of nitrogens with zero attached hydrogens (tertiary/aromatic N) is 3. The molecule has 1 N–H and O–H groups in total. The molecule has 1 saturated heterocycles. The van der Waals surface area contributed by atoms with E-state index >= 15 is 0 Å². The van der Waals surface area contributed by atoms with Crippen LogP contribution in [0.15, 0.2) is 11.0 Å². The first-order chi connectivity index (χ1) is 13.1. The van der Waals surface area contributed by atoms with Gasteiger partial charge in [-0.05, 0) is 32.6 Å². The molecule has 27 heavy (non-hydrogen) atoms. The van der Waals surface area contributed by atoms with Crippen molar-refractivity contribution in [3.05, 3.63) is 39.3 Å². The topological polar surface area (TPSA) is 84.1 Å². The molecule has 0 amide bonds. The van der Waals surface area contributed by atoms with Crippen LogP contribution in [-0.4, -0.2) is 40.2 Å².